The van der Waals surface area contributed by atoms with Crippen molar-refractivity contribution in [3.63, 3.8) is 0 Å². The van der Waals surface area contributed by atoms with Crippen molar-refractivity contribution in [1.29, 1.82) is 0 Å². The Morgan fingerprint density at radius 1 is 1.21 bits per heavy atom. The van der Waals surface area contributed by atoms with Crippen LogP contribution in [0.15, 0.2) is 36.4 Å². The van der Waals surface area contributed by atoms with Crippen LogP contribution < -0.4 is 10.6 Å². The predicted molar refractivity (Wildman–Crippen MR) is 122 cm³/mol. The molecule has 156 valence electrons. The first kappa shape index (κ1) is 22.7. The van der Waals surface area contributed by atoms with Crippen molar-refractivity contribution < 1.29 is 9.53 Å². The lowest BCUT2D eigenvalue weighted by molar-refractivity contribution is -0.115. The van der Waals surface area contributed by atoms with Crippen LogP contribution in [0, 0.1) is 0 Å². The zero-order valence-electron chi connectivity index (χ0n) is 18.3. The Balaban J connectivity index is 1.95. The summed E-state index contributed by atoms with van der Waals surface area (Å²) in [5.74, 6) is 0.0252. The molecule has 1 amide bonds. The maximum Gasteiger partial charge on any atom is 0.224 e. The van der Waals surface area contributed by atoms with E-state index in [1.165, 1.54) is 6.04 Å². The molecular formula is C22H37N3O2Si. The summed E-state index contributed by atoms with van der Waals surface area (Å²) < 4.78 is 6.01. The van der Waals surface area contributed by atoms with Crippen molar-refractivity contribution in [3.8, 4) is 0 Å². The number of hydrogen-bond acceptors (Lipinski definition) is 4. The van der Waals surface area contributed by atoms with Gasteiger partial charge in [-0.3, -0.25) is 9.69 Å². The molecular weight excluding hydrogens is 366 g/mol. The van der Waals surface area contributed by atoms with Gasteiger partial charge in [-0.25, -0.2) is 0 Å². The highest BCUT2D eigenvalue weighted by molar-refractivity contribution is 6.76. The van der Waals surface area contributed by atoms with Gasteiger partial charge in [0.15, 0.2) is 0 Å². The van der Waals surface area contributed by atoms with E-state index < -0.39 is 8.07 Å². The third kappa shape index (κ3) is 7.07. The highest BCUT2D eigenvalue weighted by Crippen LogP contribution is 2.24. The van der Waals surface area contributed by atoms with Crippen molar-refractivity contribution >= 4 is 25.4 Å². The minimum atomic E-state index is -1.06. The van der Waals surface area contributed by atoms with Gasteiger partial charge in [-0.2, -0.15) is 0 Å². The van der Waals surface area contributed by atoms with Crippen LogP contribution in [-0.2, 0) is 9.53 Å². The highest BCUT2D eigenvalue weighted by Gasteiger charge is 2.31. The van der Waals surface area contributed by atoms with Gasteiger partial charge >= 0.3 is 0 Å². The first-order valence-electron chi connectivity index (χ1n) is 10.4. The number of amides is 1. The summed E-state index contributed by atoms with van der Waals surface area (Å²) in [5, 5.41) is 6.51. The second-order valence-electron chi connectivity index (χ2n) is 8.95. The fraction of sp³-hybridized carbons (Fsp3) is 0.591. The Kier molecular flexibility index (Phi) is 8.28. The predicted octanol–water partition coefficient (Wildman–Crippen LogP) is 4.78. The molecule has 0 radical (unpaired) electrons. The van der Waals surface area contributed by atoms with E-state index in [0.717, 1.165) is 24.6 Å². The van der Waals surface area contributed by atoms with Crippen LogP contribution in [-0.4, -0.2) is 50.3 Å². The van der Waals surface area contributed by atoms with Gasteiger partial charge in [-0.1, -0.05) is 38.7 Å². The molecule has 2 rings (SSSR count). The molecule has 0 bridgehead atoms. The molecule has 0 saturated heterocycles. The van der Waals surface area contributed by atoms with Crippen LogP contribution in [0.4, 0.5) is 11.4 Å². The number of carbonyl (C=O) groups is 1. The van der Waals surface area contributed by atoms with Gasteiger partial charge in [0.2, 0.25) is 5.91 Å². The molecule has 1 aromatic rings. The molecule has 28 heavy (non-hydrogen) atoms. The van der Waals surface area contributed by atoms with E-state index in [1.807, 2.05) is 31.2 Å². The monoisotopic (exact) mass is 403 g/mol. The third-order valence-electron chi connectivity index (χ3n) is 4.88. The fourth-order valence-corrected chi connectivity index (χ4v) is 4.05. The molecule has 0 aromatic heterocycles. The Hall–Kier alpha value is -1.63. The number of carbonyl (C=O) groups excluding carboxylic acids is 1. The summed E-state index contributed by atoms with van der Waals surface area (Å²) in [7, 11) is -1.06. The molecule has 0 fully saturated rings. The summed E-state index contributed by atoms with van der Waals surface area (Å²) in [6, 6.07) is 9.76. The molecule has 1 aliphatic heterocycles. The average Bonchev–Trinajstić information content (AvgIpc) is 3.01. The van der Waals surface area contributed by atoms with Crippen LogP contribution in [0.5, 0.6) is 0 Å². The third-order valence-corrected chi connectivity index (χ3v) is 6.59. The van der Waals surface area contributed by atoms with E-state index in [0.29, 0.717) is 12.5 Å². The van der Waals surface area contributed by atoms with Gasteiger partial charge in [0.25, 0.3) is 0 Å². The number of hydrogen-bond donors (Lipinski definition) is 2. The lowest BCUT2D eigenvalue weighted by atomic mass is 10.2. The SMILES string of the molecule is CCC(=O)Nc1cccc(NC2C=CC(COCC[Si](C)(C)C)N2C(C)C)c1. The van der Waals surface area contributed by atoms with Crippen LogP contribution in [0.25, 0.3) is 0 Å². The maximum atomic E-state index is 11.6. The Labute approximate surface area is 171 Å². The Morgan fingerprint density at radius 3 is 2.57 bits per heavy atom. The topological polar surface area (TPSA) is 53.6 Å². The van der Waals surface area contributed by atoms with Crippen molar-refractivity contribution in [1.82, 2.24) is 4.90 Å². The van der Waals surface area contributed by atoms with Gasteiger partial charge in [0.1, 0.15) is 0 Å². The lowest BCUT2D eigenvalue weighted by Crippen LogP contribution is -2.47. The van der Waals surface area contributed by atoms with Gasteiger partial charge in [0.05, 0.1) is 18.8 Å². The summed E-state index contributed by atoms with van der Waals surface area (Å²) in [5.41, 5.74) is 1.82. The van der Waals surface area contributed by atoms with Gasteiger partial charge < -0.3 is 15.4 Å². The molecule has 1 heterocycles. The minimum Gasteiger partial charge on any atom is -0.380 e. The van der Waals surface area contributed by atoms with Crippen LogP contribution in [0.2, 0.25) is 25.7 Å². The largest absolute Gasteiger partial charge is 0.380 e. The summed E-state index contributed by atoms with van der Waals surface area (Å²) in [4.78, 5) is 14.1. The number of nitrogens with zero attached hydrogens (tertiary/aromatic N) is 1. The Bertz CT molecular complexity index is 670. The van der Waals surface area contributed by atoms with E-state index >= 15 is 0 Å². The quantitative estimate of drug-likeness (QED) is 0.335. The van der Waals surface area contributed by atoms with Crippen LogP contribution >= 0.6 is 0 Å². The molecule has 2 unspecified atom stereocenters. The van der Waals surface area contributed by atoms with Gasteiger partial charge in [0, 0.05) is 38.5 Å². The maximum absolute atomic E-state index is 11.6. The molecule has 6 heteroatoms. The van der Waals surface area contributed by atoms with Crippen molar-refractivity contribution in [2.75, 3.05) is 23.8 Å². The fourth-order valence-electron chi connectivity index (χ4n) is 3.30. The average molecular weight is 404 g/mol. The molecule has 2 N–H and O–H groups in total. The number of benzene rings is 1. The number of nitrogens with one attached hydrogen (secondary N) is 2. The van der Waals surface area contributed by atoms with Crippen LogP contribution in [0.3, 0.4) is 0 Å². The smallest absolute Gasteiger partial charge is 0.224 e. The standard InChI is InChI=1S/C22H37N3O2Si/c1-7-22(26)24-19-10-8-9-18(15-19)23-21-12-11-20(25(21)17(2)3)16-27-13-14-28(4,5)6/h8-12,15,17,20-21,23H,7,13-14,16H2,1-6H3,(H,24,26). The second-order valence-corrected chi connectivity index (χ2v) is 14.6. The van der Waals surface area contributed by atoms with E-state index in [2.05, 4.69) is 61.2 Å². The summed E-state index contributed by atoms with van der Waals surface area (Å²) in [6.07, 6.45) is 5.05. The molecule has 0 spiro atoms. The number of rotatable bonds is 10. The molecule has 0 saturated carbocycles. The molecule has 0 aliphatic carbocycles. The lowest BCUT2D eigenvalue weighted by Gasteiger charge is -2.34. The molecule has 2 atom stereocenters. The van der Waals surface area contributed by atoms with Crippen molar-refractivity contribution in [2.45, 2.75) is 71.1 Å². The summed E-state index contributed by atoms with van der Waals surface area (Å²) in [6.45, 7) is 15.0. The normalized spacial score (nSPS) is 20.0. The molecule has 5 nitrogen and oxygen atoms in total. The molecule has 1 aromatic carbocycles. The van der Waals surface area contributed by atoms with Crippen LogP contribution in [0.1, 0.15) is 27.2 Å². The van der Waals surface area contributed by atoms with E-state index in [4.69, 9.17) is 4.74 Å². The number of ether oxygens (including phenoxy) is 1. The minimum absolute atomic E-state index is 0.0252. The highest BCUT2D eigenvalue weighted by atomic mass is 28.3. The zero-order chi connectivity index (χ0) is 20.7. The first-order valence-corrected chi connectivity index (χ1v) is 14.1. The van der Waals surface area contributed by atoms with E-state index in [-0.39, 0.29) is 18.1 Å². The van der Waals surface area contributed by atoms with E-state index in [1.54, 1.807) is 0 Å². The summed E-state index contributed by atoms with van der Waals surface area (Å²) >= 11 is 0. The van der Waals surface area contributed by atoms with Crippen molar-refractivity contribution in [3.05, 3.63) is 36.4 Å². The van der Waals surface area contributed by atoms with Gasteiger partial charge in [-0.15, -0.1) is 0 Å². The Morgan fingerprint density at radius 2 is 1.93 bits per heavy atom. The van der Waals surface area contributed by atoms with E-state index in [9.17, 15) is 4.79 Å². The number of anilines is 2. The second kappa shape index (κ2) is 10.2. The van der Waals surface area contributed by atoms with Gasteiger partial charge in [-0.05, 0) is 44.2 Å². The zero-order valence-corrected chi connectivity index (χ0v) is 19.3. The van der Waals surface area contributed by atoms with Crippen molar-refractivity contribution in [2.24, 2.45) is 0 Å². The first-order chi connectivity index (χ1) is 13.2. The molecule has 1 aliphatic rings.